The van der Waals surface area contributed by atoms with E-state index in [-0.39, 0.29) is 17.0 Å². The number of fused-ring (bicyclic) bond motifs is 1. The Balaban J connectivity index is 1.87. The largest absolute Gasteiger partial charge is 0.477 e. The van der Waals surface area contributed by atoms with Crippen molar-refractivity contribution in [1.82, 2.24) is 10.1 Å². The molecule has 2 aliphatic rings. The molecule has 0 unspecified atom stereocenters. The standard InChI is InChI=1S/C10H6N2O4S/c13-8-6(3-5-1-2-16-11-5)9-12(8)7(4-17-9)10(14)15/h1-4,9H,(H,14,15)/t9-/m1/s1. The van der Waals surface area contributed by atoms with Gasteiger partial charge in [-0.3, -0.25) is 9.69 Å². The second kappa shape index (κ2) is 3.49. The van der Waals surface area contributed by atoms with Crippen molar-refractivity contribution >= 4 is 29.7 Å². The highest BCUT2D eigenvalue weighted by Crippen LogP contribution is 2.44. The zero-order chi connectivity index (χ0) is 12.0. The first-order chi connectivity index (χ1) is 8.18. The van der Waals surface area contributed by atoms with Crippen molar-refractivity contribution in [2.75, 3.05) is 0 Å². The first kappa shape index (κ1) is 10.2. The number of carbonyl (C=O) groups is 2. The van der Waals surface area contributed by atoms with E-state index in [1.807, 2.05) is 0 Å². The molecule has 86 valence electrons. The van der Waals surface area contributed by atoms with Gasteiger partial charge in [-0.1, -0.05) is 5.16 Å². The average molecular weight is 250 g/mol. The minimum atomic E-state index is -1.09. The highest BCUT2D eigenvalue weighted by molar-refractivity contribution is 8.03. The van der Waals surface area contributed by atoms with E-state index < -0.39 is 5.97 Å². The summed E-state index contributed by atoms with van der Waals surface area (Å²) in [6, 6.07) is 1.63. The van der Waals surface area contributed by atoms with Gasteiger partial charge in [0.05, 0.1) is 5.57 Å². The molecule has 1 fully saturated rings. The molecule has 1 saturated heterocycles. The van der Waals surface area contributed by atoms with E-state index in [2.05, 4.69) is 9.68 Å². The van der Waals surface area contributed by atoms with E-state index in [9.17, 15) is 9.59 Å². The van der Waals surface area contributed by atoms with E-state index in [1.165, 1.54) is 28.3 Å². The highest BCUT2D eigenvalue weighted by Gasteiger charge is 2.49. The molecule has 0 spiro atoms. The molecule has 7 heteroatoms. The molecule has 2 aliphatic heterocycles. The molecule has 0 aromatic carbocycles. The van der Waals surface area contributed by atoms with Crippen molar-refractivity contribution in [3.63, 3.8) is 0 Å². The molecule has 1 atom stereocenters. The number of aliphatic carboxylic acids is 1. The topological polar surface area (TPSA) is 83.6 Å². The van der Waals surface area contributed by atoms with Crippen LogP contribution in [0.4, 0.5) is 0 Å². The van der Waals surface area contributed by atoms with Gasteiger partial charge in [0.2, 0.25) is 0 Å². The number of β-lactam (4-membered cyclic amide) rings is 1. The number of hydrogen-bond donors (Lipinski definition) is 1. The molecule has 3 heterocycles. The van der Waals surface area contributed by atoms with Crippen LogP contribution < -0.4 is 0 Å². The molecule has 0 bridgehead atoms. The molecule has 1 amide bonds. The molecular weight excluding hydrogens is 244 g/mol. The number of nitrogens with zero attached hydrogens (tertiary/aromatic N) is 2. The smallest absolute Gasteiger partial charge is 0.353 e. The molecule has 3 rings (SSSR count). The first-order valence-electron chi connectivity index (χ1n) is 4.73. The average Bonchev–Trinajstić information content (AvgIpc) is 2.93. The van der Waals surface area contributed by atoms with Crippen LogP contribution in [0.2, 0.25) is 0 Å². The Morgan fingerprint density at radius 2 is 2.47 bits per heavy atom. The first-order valence-corrected chi connectivity index (χ1v) is 5.67. The van der Waals surface area contributed by atoms with Gasteiger partial charge in [0, 0.05) is 11.5 Å². The highest BCUT2D eigenvalue weighted by atomic mass is 32.2. The molecule has 1 N–H and O–H groups in total. The molecule has 0 saturated carbocycles. The summed E-state index contributed by atoms with van der Waals surface area (Å²) in [7, 11) is 0. The molecule has 6 nitrogen and oxygen atoms in total. The number of hydrogen-bond acceptors (Lipinski definition) is 5. The fourth-order valence-corrected chi connectivity index (χ4v) is 2.84. The van der Waals surface area contributed by atoms with Gasteiger partial charge in [0.15, 0.2) is 0 Å². The van der Waals surface area contributed by atoms with Crippen molar-refractivity contribution in [3.05, 3.63) is 34.7 Å². The Kier molecular flexibility index (Phi) is 2.08. The second-order valence-corrected chi connectivity index (χ2v) is 4.45. The summed E-state index contributed by atoms with van der Waals surface area (Å²) in [5.41, 5.74) is 1.12. The van der Waals surface area contributed by atoms with Gasteiger partial charge < -0.3 is 9.63 Å². The van der Waals surface area contributed by atoms with Gasteiger partial charge in [0.1, 0.15) is 23.0 Å². The number of carboxylic acids is 1. The van der Waals surface area contributed by atoms with Crippen LogP contribution in [0.3, 0.4) is 0 Å². The minimum Gasteiger partial charge on any atom is -0.477 e. The number of rotatable bonds is 2. The Bertz CT molecular complexity index is 561. The second-order valence-electron chi connectivity index (χ2n) is 3.50. The van der Waals surface area contributed by atoms with Crippen LogP contribution in [0.15, 0.2) is 33.5 Å². The van der Waals surface area contributed by atoms with Gasteiger partial charge >= 0.3 is 5.97 Å². The van der Waals surface area contributed by atoms with Crippen LogP contribution in [-0.2, 0) is 9.59 Å². The Labute approximate surface area is 99.6 Å². The van der Waals surface area contributed by atoms with Gasteiger partial charge in [0.25, 0.3) is 5.91 Å². The van der Waals surface area contributed by atoms with Crippen molar-refractivity contribution in [1.29, 1.82) is 0 Å². The normalized spacial score (nSPS) is 24.6. The van der Waals surface area contributed by atoms with Gasteiger partial charge in [-0.15, -0.1) is 11.8 Å². The molecule has 0 radical (unpaired) electrons. The summed E-state index contributed by atoms with van der Waals surface area (Å²) in [5.74, 6) is -1.38. The predicted octanol–water partition coefficient (Wildman–Crippen LogP) is 0.899. The maximum Gasteiger partial charge on any atom is 0.353 e. The summed E-state index contributed by atoms with van der Waals surface area (Å²) < 4.78 is 4.66. The molecule has 0 aliphatic carbocycles. The molecular formula is C10H6N2O4S. The van der Waals surface area contributed by atoms with Crippen LogP contribution in [0, 0.1) is 0 Å². The molecule has 17 heavy (non-hydrogen) atoms. The summed E-state index contributed by atoms with van der Waals surface area (Å²) in [6.45, 7) is 0. The third-order valence-electron chi connectivity index (χ3n) is 2.51. The van der Waals surface area contributed by atoms with Crippen molar-refractivity contribution in [3.8, 4) is 0 Å². The number of thioether (sulfide) groups is 1. The van der Waals surface area contributed by atoms with Crippen molar-refractivity contribution < 1.29 is 19.2 Å². The number of carboxylic acid groups (broad SMARTS) is 1. The third kappa shape index (κ3) is 1.39. The lowest BCUT2D eigenvalue weighted by molar-refractivity contribution is -0.141. The number of amides is 1. The fraction of sp³-hybridized carbons (Fsp3) is 0.100. The quantitative estimate of drug-likeness (QED) is 0.620. The maximum atomic E-state index is 11.8. The Morgan fingerprint density at radius 1 is 1.65 bits per heavy atom. The zero-order valence-electron chi connectivity index (χ0n) is 8.36. The SMILES string of the molecule is O=C(O)C1=CS[C@@H]2C(=Cc3ccon3)C(=O)N12. The summed E-state index contributed by atoms with van der Waals surface area (Å²) in [5, 5.41) is 13.8. The minimum absolute atomic E-state index is 0.0299. The number of carbonyl (C=O) groups excluding carboxylic acids is 1. The van der Waals surface area contributed by atoms with Crippen LogP contribution in [0.25, 0.3) is 6.08 Å². The van der Waals surface area contributed by atoms with E-state index in [0.717, 1.165) is 0 Å². The maximum absolute atomic E-state index is 11.8. The summed E-state index contributed by atoms with van der Waals surface area (Å²) in [6.07, 6.45) is 3.02. The van der Waals surface area contributed by atoms with Gasteiger partial charge in [-0.2, -0.15) is 0 Å². The lowest BCUT2D eigenvalue weighted by Crippen LogP contribution is -2.51. The summed E-state index contributed by atoms with van der Waals surface area (Å²) >= 11 is 1.30. The van der Waals surface area contributed by atoms with Gasteiger partial charge in [-0.25, -0.2) is 4.79 Å². The monoisotopic (exact) mass is 250 g/mol. The Morgan fingerprint density at radius 3 is 3.12 bits per heavy atom. The van der Waals surface area contributed by atoms with E-state index in [4.69, 9.17) is 5.11 Å². The molecule has 1 aromatic heterocycles. The van der Waals surface area contributed by atoms with Gasteiger partial charge in [-0.05, 0) is 6.08 Å². The predicted molar refractivity (Wildman–Crippen MR) is 58.4 cm³/mol. The van der Waals surface area contributed by atoms with E-state index in [0.29, 0.717) is 11.3 Å². The zero-order valence-corrected chi connectivity index (χ0v) is 9.18. The van der Waals surface area contributed by atoms with Crippen molar-refractivity contribution in [2.24, 2.45) is 0 Å². The lowest BCUT2D eigenvalue weighted by Gasteiger charge is -2.36. The van der Waals surface area contributed by atoms with Crippen LogP contribution >= 0.6 is 11.8 Å². The van der Waals surface area contributed by atoms with E-state index in [1.54, 1.807) is 12.1 Å². The van der Waals surface area contributed by atoms with Crippen LogP contribution in [0.5, 0.6) is 0 Å². The van der Waals surface area contributed by atoms with Crippen LogP contribution in [-0.4, -0.2) is 32.4 Å². The Hall–Kier alpha value is -2.02. The lowest BCUT2D eigenvalue weighted by atomic mass is 10.0. The third-order valence-corrected chi connectivity index (χ3v) is 3.60. The molecule has 1 aromatic rings. The van der Waals surface area contributed by atoms with E-state index >= 15 is 0 Å². The van der Waals surface area contributed by atoms with Crippen LogP contribution in [0.1, 0.15) is 5.69 Å². The summed E-state index contributed by atoms with van der Waals surface area (Å²) in [4.78, 5) is 23.9. The number of aromatic nitrogens is 1. The van der Waals surface area contributed by atoms with Crippen molar-refractivity contribution in [2.45, 2.75) is 5.37 Å². The fourth-order valence-electron chi connectivity index (χ4n) is 1.72.